The standard InChI is InChI=1S/C37H26FN/c38-29-20-23-34-33(24-29)32-22-21-30(39-36-19-11-10-18-31(36)26-12-4-1-5-13-26)25-35(32)37(34,27-14-6-2-7-15-27)28-16-8-3-9-17-28/h1-25,39H. The van der Waals surface area contributed by atoms with E-state index in [1.807, 2.05) is 24.3 Å². The lowest BCUT2D eigenvalue weighted by atomic mass is 9.67. The molecule has 0 aliphatic heterocycles. The van der Waals surface area contributed by atoms with Crippen LogP contribution >= 0.6 is 0 Å². The van der Waals surface area contributed by atoms with Gasteiger partial charge in [-0.05, 0) is 69.3 Å². The van der Waals surface area contributed by atoms with E-state index in [0.29, 0.717) is 0 Å². The van der Waals surface area contributed by atoms with Gasteiger partial charge in [-0.15, -0.1) is 0 Å². The summed E-state index contributed by atoms with van der Waals surface area (Å²) in [5, 5.41) is 3.71. The van der Waals surface area contributed by atoms with Gasteiger partial charge < -0.3 is 5.32 Å². The van der Waals surface area contributed by atoms with Crippen molar-refractivity contribution in [3.05, 3.63) is 180 Å². The summed E-state index contributed by atoms with van der Waals surface area (Å²) in [6, 6.07) is 51.6. The molecule has 1 aliphatic carbocycles. The van der Waals surface area contributed by atoms with Gasteiger partial charge in [-0.1, -0.05) is 121 Å². The predicted octanol–water partition coefficient (Wildman–Crippen LogP) is 9.60. The summed E-state index contributed by atoms with van der Waals surface area (Å²) < 4.78 is 14.7. The monoisotopic (exact) mass is 503 g/mol. The first-order chi connectivity index (χ1) is 19.2. The predicted molar refractivity (Wildman–Crippen MR) is 159 cm³/mol. The summed E-state index contributed by atoms with van der Waals surface area (Å²) in [7, 11) is 0. The smallest absolute Gasteiger partial charge is 0.123 e. The Hall–Kier alpha value is -4.95. The average Bonchev–Trinajstić information content (AvgIpc) is 3.28. The number of fused-ring (bicyclic) bond motifs is 3. The van der Waals surface area contributed by atoms with Gasteiger partial charge in [-0.2, -0.15) is 0 Å². The van der Waals surface area contributed by atoms with Gasteiger partial charge in [0.1, 0.15) is 5.82 Å². The number of anilines is 2. The fourth-order valence-electron chi connectivity index (χ4n) is 6.16. The third kappa shape index (κ3) is 3.76. The minimum Gasteiger partial charge on any atom is -0.355 e. The zero-order valence-electron chi connectivity index (χ0n) is 21.3. The lowest BCUT2D eigenvalue weighted by molar-refractivity contribution is 0.626. The van der Waals surface area contributed by atoms with Crippen LogP contribution in [-0.4, -0.2) is 0 Å². The summed E-state index contributed by atoms with van der Waals surface area (Å²) >= 11 is 0. The first kappa shape index (κ1) is 23.2. The second-order valence-corrected chi connectivity index (χ2v) is 9.97. The normalized spacial score (nSPS) is 12.9. The van der Waals surface area contributed by atoms with E-state index >= 15 is 0 Å². The summed E-state index contributed by atoms with van der Waals surface area (Å²) in [5.41, 5.74) is 10.3. The van der Waals surface area contributed by atoms with E-state index in [4.69, 9.17) is 0 Å². The van der Waals surface area contributed by atoms with Crippen molar-refractivity contribution in [3.63, 3.8) is 0 Å². The molecule has 0 fully saturated rings. The Labute approximate surface area is 228 Å². The van der Waals surface area contributed by atoms with Crippen LogP contribution in [0.25, 0.3) is 22.3 Å². The Morgan fingerprint density at radius 2 is 1.08 bits per heavy atom. The summed E-state index contributed by atoms with van der Waals surface area (Å²) in [6.07, 6.45) is 0. The topological polar surface area (TPSA) is 12.0 Å². The van der Waals surface area contributed by atoms with Crippen LogP contribution in [0.1, 0.15) is 22.3 Å². The highest BCUT2D eigenvalue weighted by Gasteiger charge is 2.46. The van der Waals surface area contributed by atoms with E-state index in [0.717, 1.165) is 55.9 Å². The summed E-state index contributed by atoms with van der Waals surface area (Å²) in [4.78, 5) is 0. The fourth-order valence-corrected chi connectivity index (χ4v) is 6.16. The Morgan fingerprint density at radius 1 is 0.462 bits per heavy atom. The molecule has 0 unspecified atom stereocenters. The van der Waals surface area contributed by atoms with Crippen LogP contribution in [0.4, 0.5) is 15.8 Å². The molecule has 6 aromatic carbocycles. The Balaban J connectivity index is 1.46. The van der Waals surface area contributed by atoms with Crippen molar-refractivity contribution >= 4 is 11.4 Å². The molecule has 0 radical (unpaired) electrons. The van der Waals surface area contributed by atoms with E-state index in [1.54, 1.807) is 12.1 Å². The molecule has 0 atom stereocenters. The first-order valence-corrected chi connectivity index (χ1v) is 13.2. The molecule has 0 saturated heterocycles. The zero-order chi connectivity index (χ0) is 26.2. The van der Waals surface area contributed by atoms with E-state index in [9.17, 15) is 4.39 Å². The van der Waals surface area contributed by atoms with Gasteiger partial charge in [-0.3, -0.25) is 0 Å². The van der Waals surface area contributed by atoms with Crippen molar-refractivity contribution in [2.45, 2.75) is 5.41 Å². The Kier molecular flexibility index (Phi) is 5.60. The van der Waals surface area contributed by atoms with Crippen LogP contribution in [-0.2, 0) is 5.41 Å². The van der Waals surface area contributed by atoms with Crippen molar-refractivity contribution in [2.24, 2.45) is 0 Å². The first-order valence-electron chi connectivity index (χ1n) is 13.2. The second-order valence-electron chi connectivity index (χ2n) is 9.97. The van der Waals surface area contributed by atoms with Crippen molar-refractivity contribution in [3.8, 4) is 22.3 Å². The van der Waals surface area contributed by atoms with Gasteiger partial charge in [-0.25, -0.2) is 4.39 Å². The van der Waals surface area contributed by atoms with Crippen LogP contribution in [0.15, 0.2) is 152 Å². The molecule has 0 bridgehead atoms. The zero-order valence-corrected chi connectivity index (χ0v) is 21.3. The maximum atomic E-state index is 14.7. The van der Waals surface area contributed by atoms with E-state index in [1.165, 1.54) is 0 Å². The maximum Gasteiger partial charge on any atom is 0.123 e. The highest BCUT2D eigenvalue weighted by Crippen LogP contribution is 2.56. The lowest BCUT2D eigenvalue weighted by Gasteiger charge is -2.34. The molecule has 1 nitrogen and oxygen atoms in total. The minimum absolute atomic E-state index is 0.226. The molecule has 6 aromatic rings. The highest BCUT2D eigenvalue weighted by molar-refractivity contribution is 5.89. The van der Waals surface area contributed by atoms with Gasteiger partial charge in [0.15, 0.2) is 0 Å². The van der Waals surface area contributed by atoms with Gasteiger partial charge in [0.05, 0.1) is 5.41 Å². The van der Waals surface area contributed by atoms with Crippen molar-refractivity contribution < 1.29 is 4.39 Å². The molecule has 7 rings (SSSR count). The second kappa shape index (κ2) is 9.41. The average molecular weight is 504 g/mol. The molecular weight excluding hydrogens is 477 g/mol. The number of para-hydroxylation sites is 1. The van der Waals surface area contributed by atoms with E-state index in [-0.39, 0.29) is 5.82 Å². The maximum absolute atomic E-state index is 14.7. The third-order valence-corrected chi connectivity index (χ3v) is 7.80. The van der Waals surface area contributed by atoms with E-state index in [2.05, 4.69) is 121 Å². The van der Waals surface area contributed by atoms with E-state index < -0.39 is 5.41 Å². The number of hydrogen-bond acceptors (Lipinski definition) is 1. The van der Waals surface area contributed by atoms with Crippen molar-refractivity contribution in [2.75, 3.05) is 5.32 Å². The van der Waals surface area contributed by atoms with Gasteiger partial charge in [0.25, 0.3) is 0 Å². The molecular formula is C37H26FN. The number of nitrogens with one attached hydrogen (secondary N) is 1. The molecule has 1 aliphatic rings. The lowest BCUT2D eigenvalue weighted by Crippen LogP contribution is -2.28. The molecule has 0 amide bonds. The van der Waals surface area contributed by atoms with Gasteiger partial charge in [0, 0.05) is 16.9 Å². The quantitative estimate of drug-likeness (QED) is 0.247. The minimum atomic E-state index is -0.572. The number of benzene rings is 6. The molecule has 0 saturated carbocycles. The van der Waals surface area contributed by atoms with Crippen LogP contribution in [0.2, 0.25) is 0 Å². The molecule has 0 spiro atoms. The largest absolute Gasteiger partial charge is 0.355 e. The molecule has 0 heterocycles. The van der Waals surface area contributed by atoms with Crippen LogP contribution in [0.3, 0.4) is 0 Å². The molecule has 1 N–H and O–H groups in total. The van der Waals surface area contributed by atoms with Gasteiger partial charge in [0.2, 0.25) is 0 Å². The van der Waals surface area contributed by atoms with Gasteiger partial charge >= 0.3 is 0 Å². The summed E-state index contributed by atoms with van der Waals surface area (Å²) in [6.45, 7) is 0. The molecule has 0 aromatic heterocycles. The van der Waals surface area contributed by atoms with Crippen molar-refractivity contribution in [1.82, 2.24) is 0 Å². The van der Waals surface area contributed by atoms with Crippen LogP contribution in [0, 0.1) is 5.82 Å². The third-order valence-electron chi connectivity index (χ3n) is 7.80. The Bertz CT molecular complexity index is 1740. The summed E-state index contributed by atoms with van der Waals surface area (Å²) in [5.74, 6) is -0.226. The molecule has 39 heavy (non-hydrogen) atoms. The highest BCUT2D eigenvalue weighted by atomic mass is 19.1. The number of rotatable bonds is 5. The van der Waals surface area contributed by atoms with Crippen LogP contribution in [0.5, 0.6) is 0 Å². The molecule has 186 valence electrons. The number of halogens is 1. The SMILES string of the molecule is Fc1ccc2c(c1)-c1ccc(Nc3ccccc3-c3ccccc3)cc1C2(c1ccccc1)c1ccccc1. The number of hydrogen-bond donors (Lipinski definition) is 1. The Morgan fingerprint density at radius 3 is 1.77 bits per heavy atom. The van der Waals surface area contributed by atoms with Crippen molar-refractivity contribution in [1.29, 1.82) is 0 Å². The molecule has 2 heteroatoms. The fraction of sp³-hybridized carbons (Fsp3) is 0.0270. The van der Waals surface area contributed by atoms with Crippen LogP contribution < -0.4 is 5.32 Å².